The number of ether oxygens (including phenoxy) is 1. The molecule has 0 fully saturated rings. The van der Waals surface area contributed by atoms with Crippen molar-refractivity contribution in [2.75, 3.05) is 7.11 Å². The summed E-state index contributed by atoms with van der Waals surface area (Å²) in [5.41, 5.74) is 3.60. The van der Waals surface area contributed by atoms with Crippen molar-refractivity contribution in [2.45, 2.75) is 13.8 Å². The van der Waals surface area contributed by atoms with Gasteiger partial charge < -0.3 is 9.26 Å². The summed E-state index contributed by atoms with van der Waals surface area (Å²) >= 11 is 0. The highest BCUT2D eigenvalue weighted by Crippen LogP contribution is 2.29. The number of rotatable bonds is 3. The van der Waals surface area contributed by atoms with E-state index in [2.05, 4.69) is 15.1 Å². The van der Waals surface area contributed by atoms with Gasteiger partial charge in [0.25, 0.3) is 5.89 Å². The second kappa shape index (κ2) is 5.36. The fourth-order valence-electron chi connectivity index (χ4n) is 2.11. The number of hydrogen-bond acceptors (Lipinski definition) is 5. The Labute approximate surface area is 122 Å². The Morgan fingerprint density at radius 3 is 2.52 bits per heavy atom. The number of benzene rings is 1. The predicted molar refractivity (Wildman–Crippen MR) is 79.0 cm³/mol. The quantitative estimate of drug-likeness (QED) is 0.736. The van der Waals surface area contributed by atoms with Gasteiger partial charge in [-0.2, -0.15) is 4.98 Å². The summed E-state index contributed by atoms with van der Waals surface area (Å²) in [5, 5.41) is 4.04. The van der Waals surface area contributed by atoms with Crippen LogP contribution in [0.4, 0.5) is 0 Å². The van der Waals surface area contributed by atoms with Gasteiger partial charge in [-0.05, 0) is 37.6 Å². The molecule has 0 amide bonds. The molecule has 2 heterocycles. The molecule has 1 aromatic carbocycles. The van der Waals surface area contributed by atoms with Gasteiger partial charge in [-0.15, -0.1) is 0 Å². The van der Waals surface area contributed by atoms with E-state index in [-0.39, 0.29) is 0 Å². The minimum absolute atomic E-state index is 0.470. The third-order valence-corrected chi connectivity index (χ3v) is 3.24. The van der Waals surface area contributed by atoms with Crippen molar-refractivity contribution < 1.29 is 9.26 Å². The van der Waals surface area contributed by atoms with E-state index in [1.165, 1.54) is 0 Å². The first-order chi connectivity index (χ1) is 10.2. The van der Waals surface area contributed by atoms with Crippen molar-refractivity contribution in [1.29, 1.82) is 0 Å². The van der Waals surface area contributed by atoms with Crippen molar-refractivity contribution in [3.05, 3.63) is 47.7 Å². The zero-order valence-corrected chi connectivity index (χ0v) is 12.1. The van der Waals surface area contributed by atoms with Crippen LogP contribution < -0.4 is 4.74 Å². The van der Waals surface area contributed by atoms with Gasteiger partial charge in [-0.1, -0.05) is 23.4 Å². The molecule has 0 atom stereocenters. The van der Waals surface area contributed by atoms with Crippen molar-refractivity contribution in [3.63, 3.8) is 0 Å². The van der Waals surface area contributed by atoms with Crippen LogP contribution in [0.2, 0.25) is 0 Å². The fraction of sp³-hybridized carbons (Fsp3) is 0.188. The van der Waals surface area contributed by atoms with Crippen molar-refractivity contribution >= 4 is 0 Å². The third-order valence-electron chi connectivity index (χ3n) is 3.24. The number of methoxy groups -OCH3 is 1. The lowest BCUT2D eigenvalue weighted by Gasteiger charge is -2.04. The van der Waals surface area contributed by atoms with Crippen LogP contribution in [0.3, 0.4) is 0 Å². The molecular weight excluding hydrogens is 266 g/mol. The number of nitrogens with zero attached hydrogens (tertiary/aromatic N) is 3. The molecule has 0 radical (unpaired) electrons. The number of aromatic nitrogens is 3. The molecule has 5 nitrogen and oxygen atoms in total. The van der Waals surface area contributed by atoms with Crippen LogP contribution >= 0.6 is 0 Å². The average Bonchev–Trinajstić information content (AvgIpc) is 2.97. The molecular formula is C16H15N3O2. The molecule has 0 spiro atoms. The van der Waals surface area contributed by atoms with Crippen molar-refractivity contribution in [1.82, 2.24) is 15.1 Å². The van der Waals surface area contributed by atoms with E-state index in [0.717, 1.165) is 16.8 Å². The van der Waals surface area contributed by atoms with Gasteiger partial charge in [-0.25, -0.2) is 4.98 Å². The minimum atomic E-state index is 0.470. The lowest BCUT2D eigenvalue weighted by Crippen LogP contribution is -1.94. The van der Waals surface area contributed by atoms with Crippen LogP contribution in [0, 0.1) is 13.8 Å². The molecule has 0 bridgehead atoms. The average molecular weight is 281 g/mol. The Balaban J connectivity index is 2.05. The Morgan fingerprint density at radius 2 is 1.76 bits per heavy atom. The van der Waals surface area contributed by atoms with Crippen LogP contribution in [0.15, 0.2) is 40.9 Å². The second-order valence-corrected chi connectivity index (χ2v) is 4.75. The number of pyridine rings is 1. The molecule has 0 aliphatic carbocycles. The number of hydrogen-bond donors (Lipinski definition) is 0. The SMILES string of the molecule is COc1nc(C)ccc1-c1noc(-c2ccccc2C)n1. The van der Waals surface area contributed by atoms with E-state index >= 15 is 0 Å². The van der Waals surface area contributed by atoms with E-state index in [1.54, 1.807) is 7.11 Å². The first-order valence-corrected chi connectivity index (χ1v) is 6.61. The summed E-state index contributed by atoms with van der Waals surface area (Å²) in [5.74, 6) is 1.45. The summed E-state index contributed by atoms with van der Waals surface area (Å²) in [4.78, 5) is 8.78. The van der Waals surface area contributed by atoms with Crippen LogP contribution in [0.25, 0.3) is 22.8 Å². The first kappa shape index (κ1) is 13.3. The predicted octanol–water partition coefficient (Wildman–Crippen LogP) is 3.42. The summed E-state index contributed by atoms with van der Waals surface area (Å²) in [6.07, 6.45) is 0. The summed E-state index contributed by atoms with van der Waals surface area (Å²) in [6.45, 7) is 3.91. The van der Waals surface area contributed by atoms with Gasteiger partial charge >= 0.3 is 0 Å². The molecule has 0 aliphatic rings. The zero-order chi connectivity index (χ0) is 14.8. The minimum Gasteiger partial charge on any atom is -0.480 e. The third kappa shape index (κ3) is 2.50. The standard InChI is InChI=1S/C16H15N3O2/c1-10-6-4-5-7-12(10)16-18-14(19-21-16)13-9-8-11(2)17-15(13)20-3/h4-9H,1-3H3. The van der Waals surface area contributed by atoms with Crippen molar-refractivity contribution in [3.8, 4) is 28.7 Å². The molecule has 2 aromatic heterocycles. The highest BCUT2D eigenvalue weighted by molar-refractivity contribution is 5.65. The van der Waals surface area contributed by atoms with Gasteiger partial charge in [0, 0.05) is 11.3 Å². The first-order valence-electron chi connectivity index (χ1n) is 6.61. The maximum absolute atomic E-state index is 5.37. The van der Waals surface area contributed by atoms with Gasteiger partial charge in [0.05, 0.1) is 12.7 Å². The van der Waals surface area contributed by atoms with Gasteiger partial charge in [0.1, 0.15) is 0 Å². The lowest BCUT2D eigenvalue weighted by molar-refractivity contribution is 0.397. The van der Waals surface area contributed by atoms with Crippen LogP contribution in [0.5, 0.6) is 5.88 Å². The topological polar surface area (TPSA) is 61.0 Å². The van der Waals surface area contributed by atoms with E-state index in [0.29, 0.717) is 23.2 Å². The zero-order valence-electron chi connectivity index (χ0n) is 12.1. The Bertz CT molecular complexity index is 781. The van der Waals surface area contributed by atoms with Gasteiger partial charge in [0.15, 0.2) is 0 Å². The Kier molecular flexibility index (Phi) is 3.39. The second-order valence-electron chi connectivity index (χ2n) is 4.75. The largest absolute Gasteiger partial charge is 0.480 e. The molecule has 106 valence electrons. The van der Waals surface area contributed by atoms with E-state index in [9.17, 15) is 0 Å². The number of aryl methyl sites for hydroxylation is 2. The smallest absolute Gasteiger partial charge is 0.258 e. The van der Waals surface area contributed by atoms with E-state index < -0.39 is 0 Å². The highest BCUT2D eigenvalue weighted by Gasteiger charge is 2.16. The van der Waals surface area contributed by atoms with Gasteiger partial charge in [0.2, 0.25) is 11.7 Å². The van der Waals surface area contributed by atoms with Crippen LogP contribution in [0.1, 0.15) is 11.3 Å². The Morgan fingerprint density at radius 1 is 0.952 bits per heavy atom. The van der Waals surface area contributed by atoms with Gasteiger partial charge in [-0.3, -0.25) is 0 Å². The van der Waals surface area contributed by atoms with E-state index in [1.807, 2.05) is 50.2 Å². The molecule has 3 rings (SSSR count). The van der Waals surface area contributed by atoms with E-state index in [4.69, 9.17) is 9.26 Å². The van der Waals surface area contributed by atoms with Crippen LogP contribution in [-0.4, -0.2) is 22.2 Å². The molecule has 0 unspecified atom stereocenters. The summed E-state index contributed by atoms with van der Waals surface area (Å²) < 4.78 is 10.7. The molecule has 21 heavy (non-hydrogen) atoms. The summed E-state index contributed by atoms with van der Waals surface area (Å²) in [6, 6.07) is 11.7. The molecule has 5 heteroatoms. The summed E-state index contributed by atoms with van der Waals surface area (Å²) in [7, 11) is 1.58. The molecule has 0 saturated carbocycles. The molecule has 0 saturated heterocycles. The molecule has 0 N–H and O–H groups in total. The fourth-order valence-corrected chi connectivity index (χ4v) is 2.11. The molecule has 0 aliphatic heterocycles. The van der Waals surface area contributed by atoms with Crippen molar-refractivity contribution in [2.24, 2.45) is 0 Å². The monoisotopic (exact) mass is 281 g/mol. The highest BCUT2D eigenvalue weighted by atomic mass is 16.5. The lowest BCUT2D eigenvalue weighted by atomic mass is 10.1. The maximum Gasteiger partial charge on any atom is 0.258 e. The normalized spacial score (nSPS) is 10.6. The molecule has 3 aromatic rings. The maximum atomic E-state index is 5.37. The van der Waals surface area contributed by atoms with Crippen LogP contribution in [-0.2, 0) is 0 Å². The Hall–Kier alpha value is -2.69.